The molecule has 0 unspecified atom stereocenters. The van der Waals surface area contributed by atoms with Crippen molar-refractivity contribution in [2.45, 2.75) is 24.8 Å². The molecule has 0 aliphatic rings. The van der Waals surface area contributed by atoms with Crippen molar-refractivity contribution < 1.29 is 8.42 Å². The Morgan fingerprint density at radius 1 is 1.00 bits per heavy atom. The van der Waals surface area contributed by atoms with Gasteiger partial charge in [-0.15, -0.1) is 0 Å². The van der Waals surface area contributed by atoms with Crippen molar-refractivity contribution in [3.63, 3.8) is 0 Å². The number of rotatable bonds is 5. The van der Waals surface area contributed by atoms with Gasteiger partial charge in [0.2, 0.25) is 10.0 Å². The van der Waals surface area contributed by atoms with E-state index in [4.69, 9.17) is 5.73 Å². The van der Waals surface area contributed by atoms with Crippen LogP contribution in [0.5, 0.6) is 0 Å². The molecule has 0 atom stereocenters. The van der Waals surface area contributed by atoms with E-state index in [0.29, 0.717) is 5.69 Å². The van der Waals surface area contributed by atoms with Gasteiger partial charge in [0.1, 0.15) is 0 Å². The zero-order valence-corrected chi connectivity index (χ0v) is 12.8. The summed E-state index contributed by atoms with van der Waals surface area (Å²) in [5.41, 5.74) is 8.03. The third-order valence-corrected chi connectivity index (χ3v) is 4.41. The van der Waals surface area contributed by atoms with Crippen molar-refractivity contribution in [2.24, 2.45) is 0 Å². The summed E-state index contributed by atoms with van der Waals surface area (Å²) in [4.78, 5) is 0.245. The summed E-state index contributed by atoms with van der Waals surface area (Å²) >= 11 is 0. The molecule has 0 saturated carbocycles. The van der Waals surface area contributed by atoms with Gasteiger partial charge in [-0.2, -0.15) is 0 Å². The highest BCUT2D eigenvalue weighted by atomic mass is 32.2. The molecule has 6 heteroatoms. The second kappa shape index (κ2) is 6.15. The third kappa shape index (κ3) is 4.21. The first-order chi connectivity index (χ1) is 9.87. The molecular formula is C15H19N3O2S. The maximum Gasteiger partial charge on any atom is 0.240 e. The number of hydrogen-bond donors (Lipinski definition) is 3. The van der Waals surface area contributed by atoms with E-state index in [1.54, 1.807) is 44.2 Å². The molecule has 2 aromatic carbocycles. The number of benzene rings is 2. The van der Waals surface area contributed by atoms with Crippen LogP contribution in [0.15, 0.2) is 53.4 Å². The molecule has 21 heavy (non-hydrogen) atoms. The quantitative estimate of drug-likeness (QED) is 0.742. The molecule has 0 radical (unpaired) electrons. The first-order valence-electron chi connectivity index (χ1n) is 6.62. The molecule has 0 saturated heterocycles. The lowest BCUT2D eigenvalue weighted by molar-refractivity contribution is 0.570. The number of nitrogens with one attached hydrogen (secondary N) is 2. The van der Waals surface area contributed by atoms with Gasteiger partial charge < -0.3 is 11.1 Å². The second-order valence-electron chi connectivity index (χ2n) is 5.05. The summed E-state index contributed by atoms with van der Waals surface area (Å²) < 4.78 is 26.6. The number of sulfonamides is 1. The molecule has 2 aromatic rings. The molecule has 0 aliphatic carbocycles. The van der Waals surface area contributed by atoms with Crippen molar-refractivity contribution in [3.8, 4) is 0 Å². The van der Waals surface area contributed by atoms with Crippen LogP contribution < -0.4 is 15.8 Å². The minimum atomic E-state index is -3.45. The van der Waals surface area contributed by atoms with Gasteiger partial charge in [-0.05, 0) is 56.3 Å². The molecule has 0 aromatic heterocycles. The predicted molar refractivity (Wildman–Crippen MR) is 86.0 cm³/mol. The minimum absolute atomic E-state index is 0.139. The lowest BCUT2D eigenvalue weighted by Crippen LogP contribution is -2.30. The van der Waals surface area contributed by atoms with Crippen molar-refractivity contribution in [1.29, 1.82) is 0 Å². The van der Waals surface area contributed by atoms with Gasteiger partial charge in [0.05, 0.1) is 4.90 Å². The van der Waals surface area contributed by atoms with Crippen LogP contribution in [0.4, 0.5) is 17.1 Å². The van der Waals surface area contributed by atoms with Gasteiger partial charge >= 0.3 is 0 Å². The number of anilines is 3. The molecular weight excluding hydrogens is 286 g/mol. The summed E-state index contributed by atoms with van der Waals surface area (Å²) in [5, 5.41) is 3.17. The predicted octanol–water partition coefficient (Wildman–Crippen LogP) is 2.70. The van der Waals surface area contributed by atoms with E-state index in [-0.39, 0.29) is 10.9 Å². The van der Waals surface area contributed by atoms with Gasteiger partial charge in [0.15, 0.2) is 0 Å². The van der Waals surface area contributed by atoms with E-state index in [9.17, 15) is 8.42 Å². The maximum absolute atomic E-state index is 12.0. The molecule has 0 bridgehead atoms. The van der Waals surface area contributed by atoms with Crippen LogP contribution in [-0.2, 0) is 10.0 Å². The summed E-state index contributed by atoms with van der Waals surface area (Å²) in [5.74, 6) is 0. The first kappa shape index (κ1) is 15.3. The molecule has 0 aliphatic heterocycles. The Labute approximate surface area is 125 Å². The number of hydrogen-bond acceptors (Lipinski definition) is 4. The van der Waals surface area contributed by atoms with Gasteiger partial charge in [-0.3, -0.25) is 0 Å². The fourth-order valence-electron chi connectivity index (χ4n) is 1.88. The average molecular weight is 305 g/mol. The van der Waals surface area contributed by atoms with Crippen molar-refractivity contribution in [3.05, 3.63) is 48.5 Å². The van der Waals surface area contributed by atoms with Crippen LogP contribution in [0, 0.1) is 0 Å². The molecule has 0 amide bonds. The number of nitrogens with two attached hydrogens (primary N) is 1. The van der Waals surface area contributed by atoms with Crippen molar-refractivity contribution in [2.75, 3.05) is 11.1 Å². The fourth-order valence-corrected chi connectivity index (χ4v) is 3.13. The van der Waals surface area contributed by atoms with Crippen LogP contribution in [-0.4, -0.2) is 14.5 Å². The van der Waals surface area contributed by atoms with Crippen LogP contribution in [0.3, 0.4) is 0 Å². The highest BCUT2D eigenvalue weighted by molar-refractivity contribution is 7.89. The molecule has 4 N–H and O–H groups in total. The summed E-state index contributed by atoms with van der Waals surface area (Å²) in [7, 11) is -3.45. The molecule has 0 fully saturated rings. The summed E-state index contributed by atoms with van der Waals surface area (Å²) in [6.07, 6.45) is 0. The standard InChI is InChI=1S/C15H19N3O2S/c1-11(2)18-21(19,20)15-8-6-13(7-9-15)17-14-5-3-4-12(16)10-14/h3-11,17-18H,16H2,1-2H3. The fraction of sp³-hybridized carbons (Fsp3) is 0.200. The van der Waals surface area contributed by atoms with Gasteiger partial charge in [-0.1, -0.05) is 6.07 Å². The largest absolute Gasteiger partial charge is 0.399 e. The Morgan fingerprint density at radius 3 is 2.24 bits per heavy atom. The van der Waals surface area contributed by atoms with Crippen LogP contribution >= 0.6 is 0 Å². The molecule has 2 rings (SSSR count). The normalized spacial score (nSPS) is 11.6. The zero-order valence-electron chi connectivity index (χ0n) is 12.0. The lowest BCUT2D eigenvalue weighted by Gasteiger charge is -2.11. The zero-order chi connectivity index (χ0) is 15.5. The van der Waals surface area contributed by atoms with E-state index in [1.807, 2.05) is 18.2 Å². The molecule has 112 valence electrons. The average Bonchev–Trinajstić information content (AvgIpc) is 2.38. The number of nitrogen functional groups attached to an aromatic ring is 1. The van der Waals surface area contributed by atoms with E-state index in [2.05, 4.69) is 10.0 Å². The Bertz CT molecular complexity index is 710. The van der Waals surface area contributed by atoms with E-state index in [0.717, 1.165) is 11.4 Å². The SMILES string of the molecule is CC(C)NS(=O)(=O)c1ccc(Nc2cccc(N)c2)cc1. The van der Waals surface area contributed by atoms with Crippen molar-refractivity contribution in [1.82, 2.24) is 4.72 Å². The molecule has 0 spiro atoms. The molecule has 5 nitrogen and oxygen atoms in total. The third-order valence-electron chi connectivity index (χ3n) is 2.73. The summed E-state index contributed by atoms with van der Waals surface area (Å²) in [6.45, 7) is 3.57. The Kier molecular flexibility index (Phi) is 4.50. The van der Waals surface area contributed by atoms with Crippen LogP contribution in [0.25, 0.3) is 0 Å². The van der Waals surface area contributed by atoms with Crippen LogP contribution in [0.1, 0.15) is 13.8 Å². The van der Waals surface area contributed by atoms with Crippen LogP contribution in [0.2, 0.25) is 0 Å². The Morgan fingerprint density at radius 2 is 1.67 bits per heavy atom. The monoisotopic (exact) mass is 305 g/mol. The minimum Gasteiger partial charge on any atom is -0.399 e. The smallest absolute Gasteiger partial charge is 0.240 e. The Balaban J connectivity index is 2.16. The maximum atomic E-state index is 12.0. The van der Waals surface area contributed by atoms with Gasteiger partial charge in [0, 0.05) is 23.1 Å². The van der Waals surface area contributed by atoms with E-state index >= 15 is 0 Å². The lowest BCUT2D eigenvalue weighted by atomic mass is 10.2. The summed E-state index contributed by atoms with van der Waals surface area (Å²) in [6, 6.07) is 13.8. The van der Waals surface area contributed by atoms with Crippen molar-refractivity contribution >= 4 is 27.1 Å². The van der Waals surface area contributed by atoms with E-state index in [1.165, 1.54) is 0 Å². The van der Waals surface area contributed by atoms with Gasteiger partial charge in [0.25, 0.3) is 0 Å². The topological polar surface area (TPSA) is 84.2 Å². The Hall–Kier alpha value is -2.05. The first-order valence-corrected chi connectivity index (χ1v) is 8.10. The highest BCUT2D eigenvalue weighted by Crippen LogP contribution is 2.20. The second-order valence-corrected chi connectivity index (χ2v) is 6.76. The van der Waals surface area contributed by atoms with Gasteiger partial charge in [-0.25, -0.2) is 13.1 Å². The molecule has 0 heterocycles. The highest BCUT2D eigenvalue weighted by Gasteiger charge is 2.14. The van der Waals surface area contributed by atoms with E-state index < -0.39 is 10.0 Å².